The topological polar surface area (TPSA) is 17.1 Å². The third-order valence-electron chi connectivity index (χ3n) is 5.25. The van der Waals surface area contributed by atoms with Crippen molar-refractivity contribution in [2.24, 2.45) is 0 Å². The maximum atomic E-state index is 13.3. The quantitative estimate of drug-likeness (QED) is 0.684. The van der Waals surface area contributed by atoms with Gasteiger partial charge in [0.25, 0.3) is 0 Å². The van der Waals surface area contributed by atoms with Gasteiger partial charge in [0.15, 0.2) is 0 Å². The maximum Gasteiger partial charge on any atom is 0.147 e. The zero-order valence-electron chi connectivity index (χ0n) is 16.0. The molecule has 0 heterocycles. The van der Waals surface area contributed by atoms with Crippen LogP contribution < -0.4 is 12.4 Å². The molecule has 2 nitrogen and oxygen atoms in total. The van der Waals surface area contributed by atoms with Crippen molar-refractivity contribution in [1.29, 1.82) is 0 Å². The minimum atomic E-state index is -0.581. The van der Waals surface area contributed by atoms with E-state index in [1.54, 1.807) is 0 Å². The van der Waals surface area contributed by atoms with Crippen molar-refractivity contribution in [3.05, 3.63) is 71.8 Å². The van der Waals surface area contributed by atoms with E-state index in [0.29, 0.717) is 18.2 Å². The molecule has 0 aliphatic carbocycles. The predicted molar refractivity (Wildman–Crippen MR) is 101 cm³/mol. The fourth-order valence-electron chi connectivity index (χ4n) is 3.30. The lowest BCUT2D eigenvalue weighted by Gasteiger charge is -2.40. The van der Waals surface area contributed by atoms with Gasteiger partial charge in [-0.15, -0.1) is 0 Å². The van der Waals surface area contributed by atoms with Crippen LogP contribution in [-0.4, -0.2) is 37.5 Å². The number of benzene rings is 2. The second-order valence-corrected chi connectivity index (χ2v) is 7.58. The van der Waals surface area contributed by atoms with Crippen LogP contribution in [0.3, 0.4) is 0 Å². The molecular formula is C22H30ClNO. The molecule has 0 saturated carbocycles. The monoisotopic (exact) mass is 359 g/mol. The fourth-order valence-corrected chi connectivity index (χ4v) is 3.30. The van der Waals surface area contributed by atoms with E-state index in [1.165, 1.54) is 0 Å². The number of carbonyl (C=O) groups excluding carboxylic acids is 1. The van der Waals surface area contributed by atoms with Gasteiger partial charge in [-0.05, 0) is 18.1 Å². The molecule has 0 spiro atoms. The van der Waals surface area contributed by atoms with Crippen molar-refractivity contribution in [2.45, 2.75) is 38.1 Å². The number of nitrogens with zero attached hydrogens (tertiary/aromatic N) is 1. The molecule has 0 bridgehead atoms. The molecule has 3 heteroatoms. The van der Waals surface area contributed by atoms with E-state index in [9.17, 15) is 4.79 Å². The summed E-state index contributed by atoms with van der Waals surface area (Å²) < 4.78 is 0.832. The van der Waals surface area contributed by atoms with E-state index < -0.39 is 5.41 Å². The van der Waals surface area contributed by atoms with Crippen molar-refractivity contribution in [3.8, 4) is 0 Å². The number of ketones is 1. The van der Waals surface area contributed by atoms with Crippen molar-refractivity contribution in [1.82, 2.24) is 0 Å². The van der Waals surface area contributed by atoms with Gasteiger partial charge in [0.1, 0.15) is 5.78 Å². The Balaban J connectivity index is 0.00000312. The summed E-state index contributed by atoms with van der Waals surface area (Å²) in [6.45, 7) is 4.21. The molecule has 0 aliphatic rings. The Kier molecular flexibility index (Phi) is 7.40. The lowest BCUT2D eigenvalue weighted by atomic mass is 9.66. The van der Waals surface area contributed by atoms with Gasteiger partial charge in [-0.25, -0.2) is 0 Å². The molecule has 0 fully saturated rings. The minimum Gasteiger partial charge on any atom is -1.00 e. The molecule has 2 rings (SSSR count). The Hall–Kier alpha value is -1.64. The number of halogens is 1. The molecule has 1 unspecified atom stereocenters. The molecule has 25 heavy (non-hydrogen) atoms. The molecular weight excluding hydrogens is 330 g/mol. The summed E-state index contributed by atoms with van der Waals surface area (Å²) in [5.74, 6) is 0.292. The minimum absolute atomic E-state index is 0. The number of quaternary nitrogens is 1. The maximum absolute atomic E-state index is 13.3. The molecule has 0 aliphatic heterocycles. The summed E-state index contributed by atoms with van der Waals surface area (Å²) in [7, 11) is 6.59. The van der Waals surface area contributed by atoms with Crippen LogP contribution >= 0.6 is 0 Å². The smallest absolute Gasteiger partial charge is 0.147 e. The first-order chi connectivity index (χ1) is 11.3. The first-order valence-corrected chi connectivity index (χ1v) is 8.78. The average Bonchev–Trinajstić information content (AvgIpc) is 2.59. The number of Topliss-reactive ketones (excluding diaryl/α,β-unsaturated/α-hetero) is 1. The highest BCUT2D eigenvalue weighted by atomic mass is 35.5. The first kappa shape index (κ1) is 21.4. The largest absolute Gasteiger partial charge is 1.00 e. The SMILES string of the molecule is CCC(=O)C(CC(C)[N+](C)(C)C)(c1ccccc1)c1ccccc1.[Cl-]. The van der Waals surface area contributed by atoms with Crippen LogP contribution in [0.15, 0.2) is 60.7 Å². The molecule has 0 aromatic heterocycles. The van der Waals surface area contributed by atoms with Gasteiger partial charge in [0.05, 0.1) is 32.6 Å². The van der Waals surface area contributed by atoms with E-state index in [2.05, 4.69) is 52.3 Å². The summed E-state index contributed by atoms with van der Waals surface area (Å²) in [4.78, 5) is 13.3. The predicted octanol–water partition coefficient (Wildman–Crippen LogP) is 1.44. The second kappa shape index (κ2) is 8.64. The van der Waals surface area contributed by atoms with Gasteiger partial charge in [0, 0.05) is 12.8 Å². The number of carbonyl (C=O) groups is 1. The average molecular weight is 360 g/mol. The summed E-state index contributed by atoms with van der Waals surface area (Å²) in [6.07, 6.45) is 1.34. The second-order valence-electron chi connectivity index (χ2n) is 7.58. The van der Waals surface area contributed by atoms with Crippen LogP contribution in [0.4, 0.5) is 0 Å². The Labute approximate surface area is 158 Å². The summed E-state index contributed by atoms with van der Waals surface area (Å²) in [6, 6.07) is 20.9. The van der Waals surface area contributed by atoms with Crippen molar-refractivity contribution in [3.63, 3.8) is 0 Å². The van der Waals surface area contributed by atoms with Gasteiger partial charge < -0.3 is 16.9 Å². The molecule has 0 N–H and O–H groups in total. The number of hydrogen-bond donors (Lipinski definition) is 0. The third kappa shape index (κ3) is 4.50. The number of rotatable bonds is 7. The molecule has 136 valence electrons. The van der Waals surface area contributed by atoms with Crippen molar-refractivity contribution >= 4 is 5.78 Å². The molecule has 1 atom stereocenters. The summed E-state index contributed by atoms with van der Waals surface area (Å²) in [5.41, 5.74) is 1.62. The van der Waals surface area contributed by atoms with Gasteiger partial charge in [-0.2, -0.15) is 0 Å². The highest BCUT2D eigenvalue weighted by molar-refractivity contribution is 5.93. The highest BCUT2D eigenvalue weighted by Crippen LogP contribution is 2.40. The van der Waals surface area contributed by atoms with Crippen molar-refractivity contribution < 1.29 is 21.7 Å². The van der Waals surface area contributed by atoms with Gasteiger partial charge in [-0.1, -0.05) is 67.6 Å². The van der Waals surface area contributed by atoms with E-state index in [-0.39, 0.29) is 12.4 Å². The first-order valence-electron chi connectivity index (χ1n) is 8.78. The molecule has 2 aromatic carbocycles. The Morgan fingerprint density at radius 3 is 1.64 bits per heavy atom. The van der Waals surface area contributed by atoms with Gasteiger partial charge in [-0.3, -0.25) is 4.79 Å². The van der Waals surface area contributed by atoms with Crippen molar-refractivity contribution in [2.75, 3.05) is 21.1 Å². The van der Waals surface area contributed by atoms with E-state index in [0.717, 1.165) is 22.0 Å². The van der Waals surface area contributed by atoms with Gasteiger partial charge in [0.2, 0.25) is 0 Å². The lowest BCUT2D eigenvalue weighted by Crippen LogP contribution is -3.00. The standard InChI is InChI=1S/C22H30NO.ClH/c1-6-21(24)22(17-18(2)23(3,4)5,19-13-9-7-10-14-19)20-15-11-8-12-16-20;/h7-16,18H,6,17H2,1-5H3;1H/q+1;/p-1. The molecule has 0 radical (unpaired) electrons. The van der Waals surface area contributed by atoms with Crippen LogP contribution in [-0.2, 0) is 10.2 Å². The lowest BCUT2D eigenvalue weighted by molar-refractivity contribution is -0.894. The summed E-state index contributed by atoms with van der Waals surface area (Å²) in [5, 5.41) is 0. The fraction of sp³-hybridized carbons (Fsp3) is 0.409. The zero-order valence-corrected chi connectivity index (χ0v) is 16.8. The van der Waals surface area contributed by atoms with Crippen LogP contribution in [0.5, 0.6) is 0 Å². The van der Waals surface area contributed by atoms with E-state index in [4.69, 9.17) is 0 Å². The summed E-state index contributed by atoms with van der Waals surface area (Å²) >= 11 is 0. The van der Waals surface area contributed by atoms with Crippen LogP contribution in [0.1, 0.15) is 37.8 Å². The van der Waals surface area contributed by atoms with Crippen LogP contribution in [0, 0.1) is 0 Å². The van der Waals surface area contributed by atoms with E-state index in [1.807, 2.05) is 43.3 Å². The van der Waals surface area contributed by atoms with Crippen LogP contribution in [0.25, 0.3) is 0 Å². The molecule has 0 amide bonds. The van der Waals surface area contributed by atoms with Crippen LogP contribution in [0.2, 0.25) is 0 Å². The molecule has 2 aromatic rings. The molecule has 0 saturated heterocycles. The third-order valence-corrected chi connectivity index (χ3v) is 5.25. The van der Waals surface area contributed by atoms with Gasteiger partial charge >= 0.3 is 0 Å². The zero-order chi connectivity index (χ0) is 17.8. The number of hydrogen-bond acceptors (Lipinski definition) is 1. The highest BCUT2D eigenvalue weighted by Gasteiger charge is 2.44. The van der Waals surface area contributed by atoms with E-state index >= 15 is 0 Å². The Morgan fingerprint density at radius 2 is 1.32 bits per heavy atom. The Morgan fingerprint density at radius 1 is 0.920 bits per heavy atom. The normalized spacial score (nSPS) is 13.0. The Bertz CT molecular complexity index is 622.